The van der Waals surface area contributed by atoms with Crippen LogP contribution in [0.1, 0.15) is 84.5 Å². The van der Waals surface area contributed by atoms with Crippen molar-refractivity contribution in [3.63, 3.8) is 0 Å². The number of thiophene rings is 1. The van der Waals surface area contributed by atoms with Gasteiger partial charge in [-0.1, -0.05) is 188 Å². The molecule has 1 heterocycles. The molecular formula is C83H71N9O13S4. The number of amidine groups is 3. The van der Waals surface area contributed by atoms with Crippen molar-refractivity contribution >= 4 is 99.1 Å². The summed E-state index contributed by atoms with van der Waals surface area (Å²) in [7, 11) is -10.7. The molecule has 1 aromatic heterocycles. The first-order chi connectivity index (χ1) is 51.9. The van der Waals surface area contributed by atoms with Crippen LogP contribution < -0.4 is 37.7 Å². The van der Waals surface area contributed by atoms with Crippen LogP contribution in [-0.4, -0.2) is 89.5 Å². The highest BCUT2D eigenvalue weighted by Gasteiger charge is 2.23. The summed E-state index contributed by atoms with van der Waals surface area (Å²) in [6, 6.07) is 73.3. The summed E-state index contributed by atoms with van der Waals surface area (Å²) in [5.74, 6) is -1.26. The highest BCUT2D eigenvalue weighted by Crippen LogP contribution is 2.36. The second kappa shape index (κ2) is 34.4. The second-order valence-electron chi connectivity index (χ2n) is 24.7. The minimum Gasteiger partial charge on any atom is -0.504 e. The van der Waals surface area contributed by atoms with Gasteiger partial charge < -0.3 is 37.7 Å². The Kier molecular flexibility index (Phi) is 24.8. The van der Waals surface area contributed by atoms with E-state index in [0.717, 1.165) is 0 Å². The van der Waals surface area contributed by atoms with E-state index in [1.54, 1.807) is 242 Å². The van der Waals surface area contributed by atoms with Gasteiger partial charge in [-0.05, 0) is 112 Å². The molecule has 0 aliphatic rings. The quantitative estimate of drug-likeness (QED) is 0.0153. The molecule has 0 radical (unpaired) electrons. The topological polar surface area (TPSA) is 417 Å². The van der Waals surface area contributed by atoms with Crippen molar-refractivity contribution in [2.75, 3.05) is 23.1 Å². The number of para-hydroxylation sites is 2. The first-order valence-corrected chi connectivity index (χ1v) is 39.3. The maximum Gasteiger partial charge on any atom is 0.266 e. The van der Waals surface area contributed by atoms with Gasteiger partial charge in [0.15, 0.2) is 48.5 Å². The summed E-state index contributed by atoms with van der Waals surface area (Å²) in [4.78, 5) is 65.7. The number of rotatable bonds is 24. The Morgan fingerprint density at radius 3 is 1.30 bits per heavy atom. The minimum atomic E-state index is -3.91. The molecule has 11 aromatic carbocycles. The first-order valence-electron chi connectivity index (χ1n) is 33.1. The van der Waals surface area contributed by atoms with Crippen LogP contribution in [0.2, 0.25) is 0 Å². The maximum atomic E-state index is 13.1. The van der Waals surface area contributed by atoms with Crippen molar-refractivity contribution in [1.82, 2.24) is 0 Å². The molecule has 22 nitrogen and oxygen atoms in total. The normalized spacial score (nSPS) is 11.1. The molecule has 12 aromatic rings. The van der Waals surface area contributed by atoms with Crippen molar-refractivity contribution in [2.45, 2.75) is 33.9 Å². The smallest absolute Gasteiger partial charge is 0.266 e. The van der Waals surface area contributed by atoms with E-state index in [1.807, 2.05) is 0 Å². The lowest BCUT2D eigenvalue weighted by atomic mass is 9.98. The molecule has 0 bridgehead atoms. The summed E-state index contributed by atoms with van der Waals surface area (Å²) >= 11 is 1.24. The van der Waals surface area contributed by atoms with Crippen molar-refractivity contribution in [3.05, 3.63) is 333 Å². The Bertz CT molecular complexity index is 5890. The number of phenols is 1. The number of aromatic hydroxyl groups is 1. The van der Waals surface area contributed by atoms with Gasteiger partial charge in [-0.25, -0.2) is 30.4 Å². The number of primary sulfonamides is 1. The van der Waals surface area contributed by atoms with Crippen LogP contribution in [0.4, 0.5) is 11.4 Å². The summed E-state index contributed by atoms with van der Waals surface area (Å²) in [5, 5.41) is 45.6. The third-order valence-electron chi connectivity index (χ3n) is 16.9. The van der Waals surface area contributed by atoms with Gasteiger partial charge in [0, 0.05) is 104 Å². The number of hydrogen-bond donors (Lipinski definition) is 10. The molecule has 0 unspecified atom stereocenters. The molecule has 0 atom stereocenters. The van der Waals surface area contributed by atoms with Gasteiger partial charge in [0.05, 0.1) is 19.6 Å². The fourth-order valence-electron chi connectivity index (χ4n) is 11.4. The van der Waals surface area contributed by atoms with Crippen LogP contribution in [0.3, 0.4) is 0 Å². The molecule has 0 saturated heterocycles. The molecule has 0 saturated carbocycles. The SMILES string of the molecule is CS(=O)(=O)c1ccccc1-c1ccc(C(=O)Cc2ccccc2NC(=O)c2cccc(C(=N)N)c2)cc1.CS(=O)(=O)c1ccccc1-c1ccc(C(=O)Cc2ccsc2C(=O)Nc2cccc(C(=N)N)c2)cc1.N=C(N)c1ccc(O)c(Oc2ccccc2CC(=O)c2ccc(-c3ccccc3S(N)(=O)=O)cc2)c1. The Morgan fingerprint density at radius 1 is 0.394 bits per heavy atom. The van der Waals surface area contributed by atoms with Crippen LogP contribution in [0.25, 0.3) is 33.4 Å². The lowest BCUT2D eigenvalue weighted by molar-refractivity contribution is 0.0982. The Hall–Kier alpha value is -13.1. The van der Waals surface area contributed by atoms with Crippen LogP contribution in [0.15, 0.2) is 287 Å². The molecule has 2 amide bonds. The molecule has 14 N–H and O–H groups in total. The number of carbonyl (C=O) groups is 5. The number of anilines is 2. The average molecular weight is 1530 g/mol. The fourth-order valence-corrected chi connectivity index (χ4v) is 14.8. The lowest BCUT2D eigenvalue weighted by Crippen LogP contribution is -2.16. The number of carbonyl (C=O) groups excluding carboxylic acids is 5. The number of ketones is 3. The highest BCUT2D eigenvalue weighted by molar-refractivity contribution is 7.91. The predicted octanol–water partition coefficient (Wildman–Crippen LogP) is 13.7. The summed E-state index contributed by atoms with van der Waals surface area (Å²) in [5.41, 5.74) is 26.1. The zero-order chi connectivity index (χ0) is 78.3. The van der Waals surface area contributed by atoms with E-state index in [4.69, 9.17) is 43.3 Å². The Labute approximate surface area is 633 Å². The second-order valence-corrected chi connectivity index (χ2v) is 31.2. The molecule has 550 valence electrons. The minimum absolute atomic E-state index is 0.00671. The molecule has 0 aliphatic carbocycles. The van der Waals surface area contributed by atoms with E-state index in [0.29, 0.717) is 111 Å². The number of phenolic OH excluding ortho intramolecular Hbond substituents is 1. The molecule has 0 aliphatic heterocycles. The number of nitrogen functional groups attached to an aromatic ring is 3. The molecule has 26 heteroatoms. The predicted molar refractivity (Wildman–Crippen MR) is 425 cm³/mol. The third-order valence-corrected chi connectivity index (χ3v) is 21.2. The van der Waals surface area contributed by atoms with Crippen LogP contribution in [-0.2, 0) is 49.0 Å². The number of benzene rings is 11. The number of Topliss-reactive ketones (excluding diaryl/α,β-unsaturated/α-hetero) is 3. The molecule has 109 heavy (non-hydrogen) atoms. The van der Waals surface area contributed by atoms with Crippen LogP contribution >= 0.6 is 11.3 Å². The van der Waals surface area contributed by atoms with E-state index in [1.165, 1.54) is 54.2 Å². The number of sulfone groups is 2. The lowest BCUT2D eigenvalue weighted by Gasteiger charge is -2.13. The number of nitrogens with two attached hydrogens (primary N) is 4. The monoisotopic (exact) mass is 1530 g/mol. The number of amides is 2. The van der Waals surface area contributed by atoms with Crippen LogP contribution in [0.5, 0.6) is 17.2 Å². The van der Waals surface area contributed by atoms with Gasteiger partial charge >= 0.3 is 0 Å². The van der Waals surface area contributed by atoms with Crippen LogP contribution in [0, 0.1) is 16.2 Å². The van der Waals surface area contributed by atoms with Gasteiger partial charge in [-0.2, -0.15) is 0 Å². The van der Waals surface area contributed by atoms with Gasteiger partial charge in [0.1, 0.15) is 23.3 Å². The van der Waals surface area contributed by atoms with Crippen molar-refractivity contribution < 1.29 is 59.1 Å². The first kappa shape index (κ1) is 78.5. The maximum absolute atomic E-state index is 13.1. The van der Waals surface area contributed by atoms with Crippen molar-refractivity contribution in [2.24, 2.45) is 22.3 Å². The van der Waals surface area contributed by atoms with E-state index in [-0.39, 0.29) is 92.1 Å². The van der Waals surface area contributed by atoms with E-state index in [2.05, 4.69) is 10.6 Å². The zero-order valence-corrected chi connectivity index (χ0v) is 61.7. The summed E-state index contributed by atoms with van der Waals surface area (Å²) in [6.07, 6.45) is 2.46. The molecular weight excluding hydrogens is 1460 g/mol. The standard InChI is InChI=1S/C29H25N3O4S.C27H23N3O5S.C27H23N3O4S2/c1-37(35,36)27-12-5-3-10-24(27)19-13-15-20(16-14-19)26(33)18-21-7-2-4-11-25(21)32-29(34)23-9-6-8-22(17-23)28(30)31;28-27(29)20-13-14-22(31)25(16-20)35-24-7-3-1-5-19(24)15-23(32)18-11-9-17(10-12-18)21-6-2-4-8-26(21)36(30,33)34;1-36(33,34)24-8-3-2-7-22(24)17-9-11-18(12-10-17)23(31)16-19-13-14-35-25(19)27(32)30-21-6-4-5-20(15-21)26(28)29/h2-17H,18H2,1H3,(H3,30,31)(H,32,34);1-14,16,31H,15H2,(H3,28,29)(H2,30,33,34);2-15H,16H2,1H3,(H3,28,29)(H,30,32). The van der Waals surface area contributed by atoms with E-state index >= 15 is 0 Å². The number of nitrogens with one attached hydrogen (secondary N) is 5. The van der Waals surface area contributed by atoms with Gasteiger partial charge in [-0.15, -0.1) is 11.3 Å². The fraction of sp³-hybridized carbons (Fsp3) is 0.0602. The zero-order valence-electron chi connectivity index (χ0n) is 58.4. The summed E-state index contributed by atoms with van der Waals surface area (Å²) in [6.45, 7) is 0. The van der Waals surface area contributed by atoms with Crippen molar-refractivity contribution in [3.8, 4) is 50.6 Å². The third kappa shape index (κ3) is 20.3. The van der Waals surface area contributed by atoms with E-state index in [9.17, 15) is 54.3 Å². The van der Waals surface area contributed by atoms with E-state index < -0.39 is 29.7 Å². The number of sulfonamides is 1. The largest absolute Gasteiger partial charge is 0.504 e. The summed E-state index contributed by atoms with van der Waals surface area (Å²) < 4.78 is 78.3. The molecule has 0 spiro atoms. The van der Waals surface area contributed by atoms with Gasteiger partial charge in [0.2, 0.25) is 10.0 Å². The van der Waals surface area contributed by atoms with Crippen molar-refractivity contribution in [1.29, 1.82) is 16.2 Å². The molecule has 0 fully saturated rings. The average Bonchev–Trinajstić information content (AvgIpc) is 1.58. The number of ether oxygens (including phenoxy) is 1. The highest BCUT2D eigenvalue weighted by atomic mass is 32.2. The Balaban J connectivity index is 0.000000174. The van der Waals surface area contributed by atoms with Gasteiger partial charge in [-0.3, -0.25) is 40.2 Å². The Morgan fingerprint density at radius 2 is 0.798 bits per heavy atom. The van der Waals surface area contributed by atoms with Gasteiger partial charge in [0.25, 0.3) is 11.8 Å². The molecule has 12 rings (SSSR count). The number of hydrogen-bond acceptors (Lipinski definition) is 17.